The number of rotatable bonds is 4. The third-order valence-corrected chi connectivity index (χ3v) is 4.82. The van der Waals surface area contributed by atoms with E-state index >= 15 is 0 Å². The molecule has 1 aromatic heterocycles. The molecule has 3 heteroatoms. The van der Waals surface area contributed by atoms with Crippen LogP contribution >= 0.6 is 0 Å². The first kappa shape index (κ1) is 13.7. The molecule has 1 saturated carbocycles. The van der Waals surface area contributed by atoms with Gasteiger partial charge in [-0.05, 0) is 54.7 Å². The summed E-state index contributed by atoms with van der Waals surface area (Å²) in [6.45, 7) is 3.37. The Bertz CT molecular complexity index is 567. The van der Waals surface area contributed by atoms with Crippen molar-refractivity contribution in [1.29, 1.82) is 0 Å². The van der Waals surface area contributed by atoms with Gasteiger partial charge in [0.15, 0.2) is 0 Å². The number of aliphatic hydroxyl groups excluding tert-OH is 1. The summed E-state index contributed by atoms with van der Waals surface area (Å²) in [6, 6.07) is 8.60. The largest absolute Gasteiger partial charge is 0.394 e. The van der Waals surface area contributed by atoms with Crippen LogP contribution in [0.15, 0.2) is 30.5 Å². The van der Waals surface area contributed by atoms with E-state index in [9.17, 15) is 5.11 Å². The Hall–Kier alpha value is -1.32. The van der Waals surface area contributed by atoms with E-state index < -0.39 is 0 Å². The minimum Gasteiger partial charge on any atom is -0.394 e. The maximum absolute atomic E-state index is 9.78. The molecule has 0 unspecified atom stereocenters. The highest BCUT2D eigenvalue weighted by Crippen LogP contribution is 2.31. The Morgan fingerprint density at radius 2 is 2.10 bits per heavy atom. The topological polar surface area (TPSA) is 48.0 Å². The molecule has 1 aromatic carbocycles. The van der Waals surface area contributed by atoms with Crippen LogP contribution in [-0.2, 0) is 6.54 Å². The first-order chi connectivity index (χ1) is 9.71. The number of nitrogens with one attached hydrogen (secondary N) is 2. The second-order valence-corrected chi connectivity index (χ2v) is 6.37. The van der Waals surface area contributed by atoms with Gasteiger partial charge in [-0.25, -0.2) is 0 Å². The fourth-order valence-electron chi connectivity index (χ4n) is 3.20. The molecule has 3 nitrogen and oxygen atoms in total. The number of fused-ring (bicyclic) bond motifs is 1. The number of aromatic amines is 1. The standard InChI is InChI=1S/C17H24N2O/c1-13-4-7-17(12-20,8-5-13)19-11-14-2-3-15-6-9-18-16(15)10-14/h2-3,6,9-10,13,18-20H,4-5,7-8,11-12H2,1H3. The van der Waals surface area contributed by atoms with Gasteiger partial charge in [-0.2, -0.15) is 0 Å². The van der Waals surface area contributed by atoms with Gasteiger partial charge in [-0.15, -0.1) is 0 Å². The molecule has 0 aliphatic heterocycles. The fourth-order valence-corrected chi connectivity index (χ4v) is 3.20. The van der Waals surface area contributed by atoms with Crippen molar-refractivity contribution in [3.05, 3.63) is 36.0 Å². The van der Waals surface area contributed by atoms with E-state index in [1.165, 1.54) is 29.3 Å². The lowest BCUT2D eigenvalue weighted by atomic mass is 9.77. The Balaban J connectivity index is 1.67. The predicted molar refractivity (Wildman–Crippen MR) is 82.6 cm³/mol. The normalized spacial score (nSPS) is 27.0. The van der Waals surface area contributed by atoms with Gasteiger partial charge in [0.05, 0.1) is 6.61 Å². The Labute approximate surface area is 120 Å². The zero-order valence-corrected chi connectivity index (χ0v) is 12.2. The summed E-state index contributed by atoms with van der Waals surface area (Å²) < 4.78 is 0. The third-order valence-electron chi connectivity index (χ3n) is 4.82. The molecule has 1 heterocycles. The molecule has 0 radical (unpaired) electrons. The SMILES string of the molecule is CC1CCC(CO)(NCc2ccc3cc[nH]c3c2)CC1. The van der Waals surface area contributed by atoms with Gasteiger partial charge in [0, 0.05) is 23.8 Å². The smallest absolute Gasteiger partial charge is 0.0613 e. The van der Waals surface area contributed by atoms with E-state index in [0.717, 1.165) is 25.3 Å². The van der Waals surface area contributed by atoms with Crippen molar-refractivity contribution in [2.24, 2.45) is 5.92 Å². The summed E-state index contributed by atoms with van der Waals surface area (Å²) in [7, 11) is 0. The van der Waals surface area contributed by atoms with Crippen molar-refractivity contribution in [2.75, 3.05) is 6.61 Å². The molecule has 0 amide bonds. The molecule has 20 heavy (non-hydrogen) atoms. The molecule has 1 fully saturated rings. The van der Waals surface area contributed by atoms with Crippen molar-refractivity contribution in [1.82, 2.24) is 10.3 Å². The van der Waals surface area contributed by atoms with Gasteiger partial charge >= 0.3 is 0 Å². The summed E-state index contributed by atoms with van der Waals surface area (Å²) in [4.78, 5) is 3.25. The van der Waals surface area contributed by atoms with E-state index in [-0.39, 0.29) is 12.1 Å². The number of H-pyrrole nitrogens is 1. The van der Waals surface area contributed by atoms with Crippen molar-refractivity contribution in [2.45, 2.75) is 44.7 Å². The van der Waals surface area contributed by atoms with Crippen LogP contribution in [0.2, 0.25) is 0 Å². The summed E-state index contributed by atoms with van der Waals surface area (Å²) in [5, 5.41) is 14.6. The molecular formula is C17H24N2O. The highest BCUT2D eigenvalue weighted by Gasteiger charge is 2.32. The number of hydrogen-bond donors (Lipinski definition) is 3. The summed E-state index contributed by atoms with van der Waals surface area (Å²) in [5.41, 5.74) is 2.38. The molecule has 3 N–H and O–H groups in total. The lowest BCUT2D eigenvalue weighted by Crippen LogP contribution is -2.50. The van der Waals surface area contributed by atoms with Gasteiger partial charge in [-0.1, -0.05) is 19.1 Å². The van der Waals surface area contributed by atoms with E-state index in [4.69, 9.17) is 0 Å². The lowest BCUT2D eigenvalue weighted by Gasteiger charge is -2.39. The van der Waals surface area contributed by atoms with Crippen LogP contribution in [-0.4, -0.2) is 22.2 Å². The first-order valence-electron chi connectivity index (χ1n) is 7.63. The average molecular weight is 272 g/mol. The Morgan fingerprint density at radius 1 is 1.30 bits per heavy atom. The summed E-state index contributed by atoms with van der Waals surface area (Å²) >= 11 is 0. The van der Waals surface area contributed by atoms with Crippen LogP contribution in [0.4, 0.5) is 0 Å². The van der Waals surface area contributed by atoms with Crippen LogP contribution < -0.4 is 5.32 Å². The molecule has 0 bridgehead atoms. The number of benzene rings is 1. The van der Waals surface area contributed by atoms with Crippen molar-refractivity contribution < 1.29 is 5.11 Å². The van der Waals surface area contributed by atoms with Crippen LogP contribution in [0.25, 0.3) is 10.9 Å². The molecule has 3 rings (SSSR count). The predicted octanol–water partition coefficient (Wildman–Crippen LogP) is 3.20. The van der Waals surface area contributed by atoms with Crippen LogP contribution in [0.5, 0.6) is 0 Å². The quantitative estimate of drug-likeness (QED) is 0.800. The highest BCUT2D eigenvalue weighted by atomic mass is 16.3. The summed E-state index contributed by atoms with van der Waals surface area (Å²) in [6.07, 6.45) is 6.55. The molecule has 1 aliphatic carbocycles. The van der Waals surface area contributed by atoms with Crippen molar-refractivity contribution in [3.8, 4) is 0 Å². The molecule has 0 saturated heterocycles. The Kier molecular flexibility index (Phi) is 3.81. The highest BCUT2D eigenvalue weighted by molar-refractivity contribution is 5.79. The van der Waals surface area contributed by atoms with E-state index in [1.54, 1.807) is 0 Å². The molecule has 2 aromatic rings. The average Bonchev–Trinajstić information content (AvgIpc) is 2.95. The second-order valence-electron chi connectivity index (χ2n) is 6.37. The number of aliphatic hydroxyl groups is 1. The monoisotopic (exact) mass is 272 g/mol. The molecule has 108 valence electrons. The van der Waals surface area contributed by atoms with Gasteiger partial charge < -0.3 is 15.4 Å². The van der Waals surface area contributed by atoms with Crippen LogP contribution in [0.3, 0.4) is 0 Å². The maximum Gasteiger partial charge on any atom is 0.0613 e. The fraction of sp³-hybridized carbons (Fsp3) is 0.529. The molecular weight excluding hydrogens is 248 g/mol. The van der Waals surface area contributed by atoms with Crippen molar-refractivity contribution in [3.63, 3.8) is 0 Å². The molecule has 0 atom stereocenters. The van der Waals surface area contributed by atoms with Crippen LogP contribution in [0.1, 0.15) is 38.2 Å². The maximum atomic E-state index is 9.78. The van der Waals surface area contributed by atoms with Gasteiger partial charge in [0.25, 0.3) is 0 Å². The second kappa shape index (κ2) is 5.58. The van der Waals surface area contributed by atoms with E-state index in [1.807, 2.05) is 6.20 Å². The minimum atomic E-state index is -0.0722. The van der Waals surface area contributed by atoms with Gasteiger partial charge in [0.1, 0.15) is 0 Å². The van der Waals surface area contributed by atoms with E-state index in [0.29, 0.717) is 0 Å². The molecule has 0 spiro atoms. The van der Waals surface area contributed by atoms with E-state index in [2.05, 4.69) is 41.5 Å². The van der Waals surface area contributed by atoms with Crippen LogP contribution in [0, 0.1) is 5.92 Å². The molecule has 1 aliphatic rings. The minimum absolute atomic E-state index is 0.0722. The van der Waals surface area contributed by atoms with Gasteiger partial charge in [-0.3, -0.25) is 0 Å². The number of hydrogen-bond acceptors (Lipinski definition) is 2. The first-order valence-corrected chi connectivity index (χ1v) is 7.63. The summed E-state index contributed by atoms with van der Waals surface area (Å²) in [5.74, 6) is 0.798. The zero-order valence-electron chi connectivity index (χ0n) is 12.2. The third kappa shape index (κ3) is 2.74. The number of aromatic nitrogens is 1. The lowest BCUT2D eigenvalue weighted by molar-refractivity contribution is 0.104. The van der Waals surface area contributed by atoms with Crippen molar-refractivity contribution >= 4 is 10.9 Å². The Morgan fingerprint density at radius 3 is 2.85 bits per heavy atom. The zero-order chi connectivity index (χ0) is 14.0. The van der Waals surface area contributed by atoms with Gasteiger partial charge in [0.2, 0.25) is 0 Å².